The molecule has 0 fully saturated rings. The zero-order chi connectivity index (χ0) is 12.4. The number of hydrogen-bond donors (Lipinski definition) is 2. The summed E-state index contributed by atoms with van der Waals surface area (Å²) in [5, 5.41) is 13.2. The van der Waals surface area contributed by atoms with Crippen LogP contribution in [-0.4, -0.2) is 25.6 Å². The van der Waals surface area contributed by atoms with E-state index in [4.69, 9.17) is 11.1 Å². The van der Waals surface area contributed by atoms with Crippen LogP contribution in [0.4, 0.5) is 0 Å². The van der Waals surface area contributed by atoms with Crippen molar-refractivity contribution >= 4 is 17.6 Å². The summed E-state index contributed by atoms with van der Waals surface area (Å²) in [7, 11) is 1.86. The van der Waals surface area contributed by atoms with Crippen LogP contribution < -0.4 is 5.73 Å². The number of aryl methyl sites for hydroxylation is 2. The molecule has 2 rings (SSSR count). The maximum Gasteiger partial charge on any atom is 0.144 e. The lowest BCUT2D eigenvalue weighted by molar-refractivity contribution is 0.692. The van der Waals surface area contributed by atoms with Gasteiger partial charge in [0.25, 0.3) is 0 Å². The summed E-state index contributed by atoms with van der Waals surface area (Å²) in [5.41, 5.74) is 6.79. The molecule has 0 aliphatic heterocycles. The van der Waals surface area contributed by atoms with Crippen LogP contribution in [0.1, 0.15) is 11.4 Å². The molecular weight excluding hydrogens is 236 g/mol. The van der Waals surface area contributed by atoms with E-state index in [1.165, 1.54) is 18.0 Å². The summed E-state index contributed by atoms with van der Waals surface area (Å²) in [6.45, 7) is 1.92. The van der Waals surface area contributed by atoms with Gasteiger partial charge in [0, 0.05) is 19.4 Å². The van der Waals surface area contributed by atoms with Gasteiger partial charge in [0.2, 0.25) is 0 Å². The monoisotopic (exact) mass is 248 g/mol. The van der Waals surface area contributed by atoms with Crippen molar-refractivity contribution in [2.45, 2.75) is 17.0 Å². The first-order valence-electron chi connectivity index (χ1n) is 4.92. The molecule has 0 spiro atoms. The van der Waals surface area contributed by atoms with Crippen LogP contribution in [0.3, 0.4) is 0 Å². The Morgan fingerprint density at radius 1 is 1.41 bits per heavy atom. The zero-order valence-electron chi connectivity index (χ0n) is 9.51. The lowest BCUT2D eigenvalue weighted by Crippen LogP contribution is -2.15. The van der Waals surface area contributed by atoms with Gasteiger partial charge in [-0.3, -0.25) is 10.1 Å². The fourth-order valence-corrected chi connectivity index (χ4v) is 2.34. The second-order valence-corrected chi connectivity index (χ2v) is 4.48. The minimum Gasteiger partial charge on any atom is -0.382 e. The number of hydrogen-bond acceptors (Lipinski definition) is 5. The standard InChI is InChI=1S/C10H12N6S/c1-6-5-7(16(2)15-6)17-10-8(9(11)12)13-3-4-14-10/h3-5H,1-2H3,(H3,11,12). The van der Waals surface area contributed by atoms with Crippen molar-refractivity contribution in [1.29, 1.82) is 5.41 Å². The lowest BCUT2D eigenvalue weighted by Gasteiger charge is -2.04. The second-order valence-electron chi connectivity index (χ2n) is 3.47. The lowest BCUT2D eigenvalue weighted by atomic mass is 10.4. The summed E-state index contributed by atoms with van der Waals surface area (Å²) in [4.78, 5) is 8.23. The minimum absolute atomic E-state index is 0.0838. The number of nitrogens with two attached hydrogens (primary N) is 1. The van der Waals surface area contributed by atoms with E-state index in [9.17, 15) is 0 Å². The SMILES string of the molecule is Cc1cc(Sc2nccnc2C(=N)N)n(C)n1. The first-order chi connectivity index (χ1) is 8.08. The van der Waals surface area contributed by atoms with Crippen LogP contribution in [0.2, 0.25) is 0 Å². The van der Waals surface area contributed by atoms with Crippen molar-refractivity contribution in [3.63, 3.8) is 0 Å². The smallest absolute Gasteiger partial charge is 0.144 e. The van der Waals surface area contributed by atoms with E-state index >= 15 is 0 Å². The maximum absolute atomic E-state index is 7.44. The topological polar surface area (TPSA) is 93.5 Å². The fourth-order valence-electron chi connectivity index (χ4n) is 1.37. The molecule has 17 heavy (non-hydrogen) atoms. The van der Waals surface area contributed by atoms with Crippen molar-refractivity contribution in [3.8, 4) is 0 Å². The first-order valence-corrected chi connectivity index (χ1v) is 5.73. The number of amidine groups is 1. The molecule has 0 amide bonds. The normalized spacial score (nSPS) is 10.5. The number of nitrogens with one attached hydrogen (secondary N) is 1. The molecule has 0 radical (unpaired) electrons. The van der Waals surface area contributed by atoms with Gasteiger partial charge < -0.3 is 5.73 Å². The first kappa shape index (κ1) is 11.6. The van der Waals surface area contributed by atoms with Crippen molar-refractivity contribution in [2.24, 2.45) is 12.8 Å². The molecule has 0 aromatic carbocycles. The van der Waals surface area contributed by atoms with Crippen LogP contribution >= 0.6 is 11.8 Å². The third-order valence-electron chi connectivity index (χ3n) is 2.08. The van der Waals surface area contributed by atoms with Crippen LogP contribution in [-0.2, 0) is 7.05 Å². The van der Waals surface area contributed by atoms with Gasteiger partial charge in [-0.1, -0.05) is 0 Å². The van der Waals surface area contributed by atoms with Gasteiger partial charge in [-0.05, 0) is 24.8 Å². The average molecular weight is 248 g/mol. The predicted molar refractivity (Wildman–Crippen MR) is 65.1 cm³/mol. The number of nitrogens with zero attached hydrogens (tertiary/aromatic N) is 4. The van der Waals surface area contributed by atoms with Gasteiger partial charge in [-0.2, -0.15) is 5.10 Å². The summed E-state index contributed by atoms with van der Waals surface area (Å²) >= 11 is 1.40. The van der Waals surface area contributed by atoms with Gasteiger partial charge in [0.05, 0.1) is 5.69 Å². The molecule has 2 aromatic heterocycles. The van der Waals surface area contributed by atoms with E-state index in [0.29, 0.717) is 10.7 Å². The highest BCUT2D eigenvalue weighted by Gasteiger charge is 2.12. The van der Waals surface area contributed by atoms with E-state index in [2.05, 4.69) is 15.1 Å². The van der Waals surface area contributed by atoms with Crippen LogP contribution in [0.5, 0.6) is 0 Å². The molecule has 0 unspecified atom stereocenters. The van der Waals surface area contributed by atoms with Gasteiger partial charge >= 0.3 is 0 Å². The van der Waals surface area contributed by atoms with Crippen LogP contribution in [0.15, 0.2) is 28.5 Å². The van der Waals surface area contributed by atoms with Gasteiger partial charge in [0.1, 0.15) is 21.6 Å². The molecule has 0 saturated carbocycles. The highest BCUT2D eigenvalue weighted by Crippen LogP contribution is 2.27. The predicted octanol–water partition coefficient (Wildman–Crippen LogP) is 0.954. The quantitative estimate of drug-likeness (QED) is 0.623. The Kier molecular flexibility index (Phi) is 3.10. The highest BCUT2D eigenvalue weighted by molar-refractivity contribution is 7.99. The largest absolute Gasteiger partial charge is 0.382 e. The number of rotatable bonds is 3. The Hall–Kier alpha value is -1.89. The molecule has 7 heteroatoms. The van der Waals surface area contributed by atoms with Crippen LogP contribution in [0, 0.1) is 12.3 Å². The van der Waals surface area contributed by atoms with Crippen molar-refractivity contribution < 1.29 is 0 Å². The molecule has 0 aliphatic rings. The van der Waals surface area contributed by atoms with E-state index in [1.54, 1.807) is 10.9 Å². The van der Waals surface area contributed by atoms with E-state index in [1.807, 2.05) is 20.0 Å². The van der Waals surface area contributed by atoms with Gasteiger partial charge in [0.15, 0.2) is 0 Å². The Morgan fingerprint density at radius 3 is 2.71 bits per heavy atom. The Labute approximate surface area is 103 Å². The maximum atomic E-state index is 7.44. The third kappa shape index (κ3) is 2.44. The summed E-state index contributed by atoms with van der Waals surface area (Å²) in [6, 6.07) is 1.95. The summed E-state index contributed by atoms with van der Waals surface area (Å²) < 4.78 is 1.76. The molecule has 2 aromatic rings. The Morgan fingerprint density at radius 2 is 2.12 bits per heavy atom. The highest BCUT2D eigenvalue weighted by atomic mass is 32.2. The summed E-state index contributed by atoms with van der Waals surface area (Å²) in [6.07, 6.45) is 3.10. The molecule has 2 heterocycles. The van der Waals surface area contributed by atoms with E-state index < -0.39 is 0 Å². The van der Waals surface area contributed by atoms with E-state index in [-0.39, 0.29) is 5.84 Å². The van der Waals surface area contributed by atoms with Crippen molar-refractivity contribution in [3.05, 3.63) is 29.8 Å². The Balaban J connectivity index is 2.36. The molecule has 0 bridgehead atoms. The zero-order valence-corrected chi connectivity index (χ0v) is 10.3. The Bertz CT molecular complexity index is 562. The molecule has 6 nitrogen and oxygen atoms in total. The van der Waals surface area contributed by atoms with Gasteiger partial charge in [-0.25, -0.2) is 9.97 Å². The molecule has 0 saturated heterocycles. The second kappa shape index (κ2) is 4.54. The fraction of sp³-hybridized carbons (Fsp3) is 0.200. The van der Waals surface area contributed by atoms with Crippen LogP contribution in [0.25, 0.3) is 0 Å². The molecule has 88 valence electrons. The third-order valence-corrected chi connectivity index (χ3v) is 3.16. The van der Waals surface area contributed by atoms with Crippen molar-refractivity contribution in [2.75, 3.05) is 0 Å². The summed E-state index contributed by atoms with van der Waals surface area (Å²) in [5.74, 6) is -0.0838. The molecule has 0 aliphatic carbocycles. The number of aromatic nitrogens is 4. The van der Waals surface area contributed by atoms with Crippen molar-refractivity contribution in [1.82, 2.24) is 19.7 Å². The van der Waals surface area contributed by atoms with Gasteiger partial charge in [-0.15, -0.1) is 0 Å². The average Bonchev–Trinajstić information content (AvgIpc) is 2.58. The molecular formula is C10H12N6S. The van der Waals surface area contributed by atoms with E-state index in [0.717, 1.165) is 10.7 Å². The molecule has 0 atom stereocenters. The molecule has 3 N–H and O–H groups in total. The minimum atomic E-state index is -0.0838. The number of nitrogen functional groups attached to an aromatic ring is 1.